The van der Waals surface area contributed by atoms with Gasteiger partial charge in [0.1, 0.15) is 5.75 Å². The van der Waals surface area contributed by atoms with Gasteiger partial charge < -0.3 is 20.5 Å². The topological polar surface area (TPSA) is 87.7 Å². The lowest BCUT2D eigenvalue weighted by molar-refractivity contribution is -0.126. The summed E-state index contributed by atoms with van der Waals surface area (Å²) in [6.45, 7) is 0.226. The molecule has 0 spiro atoms. The molecule has 0 saturated heterocycles. The molecule has 0 aromatic heterocycles. The first kappa shape index (κ1) is 15.9. The number of phenolic OH excluding ortho intramolecular Hbond substituents is 1. The molecule has 0 saturated carbocycles. The van der Waals surface area contributed by atoms with Gasteiger partial charge >= 0.3 is 0 Å². The van der Waals surface area contributed by atoms with Crippen molar-refractivity contribution < 1.29 is 19.4 Å². The standard InChI is InChI=1S/C18H18N2O4/c21-15-7-3-13-9-16(15)24-14-5-1-12(2-6-14)4-8-17(22)20-11-18(23)19-10-13/h1-3,5-7,9,21H,4,8,10-11H2,(H,19,23)(H,20,22). The zero-order valence-electron chi connectivity index (χ0n) is 13.0. The molecule has 4 bridgehead atoms. The molecule has 2 heterocycles. The summed E-state index contributed by atoms with van der Waals surface area (Å²) in [4.78, 5) is 23.5. The van der Waals surface area contributed by atoms with Crippen molar-refractivity contribution in [1.82, 2.24) is 10.6 Å². The average molecular weight is 326 g/mol. The number of carbonyl (C=O) groups is 2. The van der Waals surface area contributed by atoms with Gasteiger partial charge in [-0.25, -0.2) is 0 Å². The number of rotatable bonds is 0. The van der Waals surface area contributed by atoms with Crippen LogP contribution in [0.1, 0.15) is 17.5 Å². The number of benzene rings is 2. The highest BCUT2D eigenvalue weighted by atomic mass is 16.5. The maximum absolute atomic E-state index is 11.8. The van der Waals surface area contributed by atoms with E-state index in [0.717, 1.165) is 11.1 Å². The first-order chi connectivity index (χ1) is 11.6. The molecule has 0 aliphatic carbocycles. The van der Waals surface area contributed by atoms with E-state index in [1.54, 1.807) is 24.3 Å². The molecule has 2 aromatic rings. The molecule has 124 valence electrons. The van der Waals surface area contributed by atoms with Crippen LogP contribution in [0.3, 0.4) is 0 Å². The fourth-order valence-electron chi connectivity index (χ4n) is 2.39. The number of carbonyl (C=O) groups excluding carboxylic acids is 2. The number of phenols is 1. The van der Waals surface area contributed by atoms with E-state index < -0.39 is 0 Å². The van der Waals surface area contributed by atoms with Crippen molar-refractivity contribution >= 4 is 11.8 Å². The van der Waals surface area contributed by atoms with Gasteiger partial charge in [0.15, 0.2) is 11.5 Å². The third-order valence-corrected chi connectivity index (χ3v) is 3.75. The van der Waals surface area contributed by atoms with Gasteiger partial charge in [0.2, 0.25) is 11.8 Å². The molecule has 0 unspecified atom stereocenters. The Morgan fingerprint density at radius 2 is 1.54 bits per heavy atom. The van der Waals surface area contributed by atoms with Gasteiger partial charge in [-0.1, -0.05) is 18.2 Å². The molecule has 0 atom stereocenters. The van der Waals surface area contributed by atoms with Crippen molar-refractivity contribution in [2.75, 3.05) is 6.54 Å². The van der Waals surface area contributed by atoms with Crippen molar-refractivity contribution in [2.24, 2.45) is 0 Å². The first-order valence-electron chi connectivity index (χ1n) is 7.72. The highest BCUT2D eigenvalue weighted by Crippen LogP contribution is 2.31. The largest absolute Gasteiger partial charge is 0.504 e. The van der Waals surface area contributed by atoms with Gasteiger partial charge in [0.05, 0.1) is 6.54 Å². The van der Waals surface area contributed by atoms with Crippen LogP contribution in [-0.4, -0.2) is 23.5 Å². The van der Waals surface area contributed by atoms with E-state index in [1.807, 2.05) is 12.1 Å². The van der Waals surface area contributed by atoms with E-state index in [9.17, 15) is 14.7 Å². The minimum atomic E-state index is -0.269. The summed E-state index contributed by atoms with van der Waals surface area (Å²) in [5.74, 6) is 0.517. The number of nitrogens with one attached hydrogen (secondary N) is 2. The lowest BCUT2D eigenvalue weighted by Gasteiger charge is -2.12. The van der Waals surface area contributed by atoms with Crippen molar-refractivity contribution in [1.29, 1.82) is 0 Å². The minimum Gasteiger partial charge on any atom is -0.504 e. The minimum absolute atomic E-state index is 0.0301. The van der Waals surface area contributed by atoms with E-state index >= 15 is 0 Å². The molecule has 2 amide bonds. The Hall–Kier alpha value is -3.02. The Morgan fingerprint density at radius 3 is 2.33 bits per heavy atom. The Morgan fingerprint density at radius 1 is 0.833 bits per heavy atom. The third-order valence-electron chi connectivity index (χ3n) is 3.75. The molecule has 6 nitrogen and oxygen atoms in total. The summed E-state index contributed by atoms with van der Waals surface area (Å²) < 4.78 is 5.71. The molecule has 2 aromatic carbocycles. The van der Waals surface area contributed by atoms with Crippen molar-refractivity contribution in [3.8, 4) is 17.2 Å². The van der Waals surface area contributed by atoms with Gasteiger partial charge in [-0.3, -0.25) is 9.59 Å². The third kappa shape index (κ3) is 4.04. The van der Waals surface area contributed by atoms with Crippen LogP contribution < -0.4 is 15.4 Å². The maximum atomic E-state index is 11.8. The number of aryl methyl sites for hydroxylation is 1. The number of ether oxygens (including phenoxy) is 1. The Balaban J connectivity index is 1.87. The van der Waals surface area contributed by atoms with Crippen LogP contribution in [0.4, 0.5) is 0 Å². The average Bonchev–Trinajstić information content (AvgIpc) is 2.59. The van der Waals surface area contributed by atoms with Crippen LogP contribution in [0, 0.1) is 0 Å². The summed E-state index contributed by atoms with van der Waals surface area (Å²) >= 11 is 0. The van der Waals surface area contributed by atoms with E-state index in [4.69, 9.17) is 4.74 Å². The zero-order chi connectivity index (χ0) is 16.9. The fourth-order valence-corrected chi connectivity index (χ4v) is 2.39. The molecule has 24 heavy (non-hydrogen) atoms. The highest BCUT2D eigenvalue weighted by molar-refractivity contribution is 5.84. The lowest BCUT2D eigenvalue weighted by Crippen LogP contribution is -2.36. The van der Waals surface area contributed by atoms with E-state index in [0.29, 0.717) is 24.3 Å². The molecular formula is C18H18N2O4. The maximum Gasteiger partial charge on any atom is 0.239 e. The number of hydrogen-bond donors (Lipinski definition) is 3. The van der Waals surface area contributed by atoms with Crippen LogP contribution in [-0.2, 0) is 22.6 Å². The molecule has 0 radical (unpaired) electrons. The second-order valence-electron chi connectivity index (χ2n) is 5.60. The molecular weight excluding hydrogens is 308 g/mol. The highest BCUT2D eigenvalue weighted by Gasteiger charge is 2.10. The van der Waals surface area contributed by atoms with Gasteiger partial charge in [-0.15, -0.1) is 0 Å². The fraction of sp³-hybridized carbons (Fsp3) is 0.222. The van der Waals surface area contributed by atoms with E-state index in [1.165, 1.54) is 6.07 Å². The number of fused-ring (bicyclic) bond motifs is 9. The summed E-state index contributed by atoms with van der Waals surface area (Å²) in [6, 6.07) is 12.3. The Bertz CT molecular complexity index is 756. The van der Waals surface area contributed by atoms with Crippen LogP contribution in [0.25, 0.3) is 0 Å². The number of aromatic hydroxyl groups is 1. The van der Waals surface area contributed by atoms with Crippen molar-refractivity contribution in [2.45, 2.75) is 19.4 Å². The summed E-state index contributed by atoms with van der Waals surface area (Å²) in [5.41, 5.74) is 1.78. The van der Waals surface area contributed by atoms with Crippen LogP contribution in [0.15, 0.2) is 42.5 Å². The zero-order valence-corrected chi connectivity index (χ0v) is 13.0. The number of amides is 2. The first-order valence-corrected chi connectivity index (χ1v) is 7.72. The summed E-state index contributed by atoms with van der Waals surface area (Å²) in [6.07, 6.45) is 0.891. The summed E-state index contributed by atoms with van der Waals surface area (Å²) in [5, 5.41) is 15.3. The second kappa shape index (κ2) is 7.04. The molecule has 2 aliphatic heterocycles. The van der Waals surface area contributed by atoms with Gasteiger partial charge in [-0.05, 0) is 41.8 Å². The summed E-state index contributed by atoms with van der Waals surface area (Å²) in [7, 11) is 0. The van der Waals surface area contributed by atoms with E-state index in [-0.39, 0.29) is 30.7 Å². The lowest BCUT2D eigenvalue weighted by atomic mass is 10.1. The van der Waals surface area contributed by atoms with Gasteiger partial charge in [0, 0.05) is 13.0 Å². The smallest absolute Gasteiger partial charge is 0.239 e. The number of hydrogen-bond acceptors (Lipinski definition) is 4. The quantitative estimate of drug-likeness (QED) is 0.689. The van der Waals surface area contributed by atoms with Gasteiger partial charge in [-0.2, -0.15) is 0 Å². The van der Waals surface area contributed by atoms with Gasteiger partial charge in [0.25, 0.3) is 0 Å². The molecule has 0 fully saturated rings. The normalized spacial score (nSPS) is 15.3. The SMILES string of the molecule is O=C1CCc2ccc(cc2)Oc2cc(ccc2O)CNC(=O)CN1. The van der Waals surface area contributed by atoms with Crippen LogP contribution in [0.2, 0.25) is 0 Å². The van der Waals surface area contributed by atoms with Crippen LogP contribution >= 0.6 is 0 Å². The van der Waals surface area contributed by atoms with E-state index in [2.05, 4.69) is 10.6 Å². The predicted octanol–water partition coefficient (Wildman–Crippen LogP) is 1.86. The second-order valence-corrected chi connectivity index (χ2v) is 5.60. The Kier molecular flexibility index (Phi) is 4.65. The van der Waals surface area contributed by atoms with Crippen LogP contribution in [0.5, 0.6) is 17.2 Å². The molecule has 4 rings (SSSR count). The van der Waals surface area contributed by atoms with Crippen molar-refractivity contribution in [3.05, 3.63) is 53.6 Å². The molecule has 2 aliphatic rings. The molecule has 6 heteroatoms. The van der Waals surface area contributed by atoms with Crippen molar-refractivity contribution in [3.63, 3.8) is 0 Å². The predicted molar refractivity (Wildman–Crippen MR) is 87.8 cm³/mol. The Labute approximate surface area is 139 Å². The monoisotopic (exact) mass is 326 g/mol. The molecule has 3 N–H and O–H groups in total.